The van der Waals surface area contributed by atoms with E-state index in [0.29, 0.717) is 0 Å². The third-order valence-electron chi connectivity index (χ3n) is 3.76. The number of aromatic nitrogens is 2. The van der Waals surface area contributed by atoms with E-state index < -0.39 is 17.2 Å². The lowest BCUT2D eigenvalue weighted by Crippen LogP contribution is -2.24. The van der Waals surface area contributed by atoms with Gasteiger partial charge in [0.25, 0.3) is 5.56 Å². The van der Waals surface area contributed by atoms with E-state index in [2.05, 4.69) is 10.2 Å². The molecule has 3 aromatic rings. The number of hydrazone groups is 1. The largest absolute Gasteiger partial charge is 0.292 e. The molecule has 1 aromatic heterocycles. The van der Waals surface area contributed by atoms with E-state index in [1.165, 1.54) is 54.8 Å². The maximum Gasteiger partial charge on any atom is 0.292 e. The highest BCUT2D eigenvalue weighted by atomic mass is 35.5. The Morgan fingerprint density at radius 3 is 2.54 bits per heavy atom. The lowest BCUT2D eigenvalue weighted by molar-refractivity contribution is 0.626. The molecule has 2 aromatic carbocycles. The van der Waals surface area contributed by atoms with Crippen LogP contribution in [0.4, 0.5) is 14.5 Å². The van der Waals surface area contributed by atoms with Crippen molar-refractivity contribution in [3.63, 3.8) is 0 Å². The lowest BCUT2D eigenvalue weighted by Gasteiger charge is -2.15. The van der Waals surface area contributed by atoms with Gasteiger partial charge in [-0.1, -0.05) is 40.9 Å². The molecule has 0 spiro atoms. The monoisotopic (exact) mass is 442 g/mol. The summed E-state index contributed by atoms with van der Waals surface area (Å²) in [6.07, 6.45) is 2.50. The molecule has 0 N–H and O–H groups in total. The Morgan fingerprint density at radius 1 is 1.11 bits per heavy atom. The summed E-state index contributed by atoms with van der Waals surface area (Å²) in [6, 6.07) is 7.95. The van der Waals surface area contributed by atoms with Crippen molar-refractivity contribution in [1.82, 2.24) is 9.78 Å². The van der Waals surface area contributed by atoms with Crippen LogP contribution in [-0.2, 0) is 0 Å². The Hall–Kier alpha value is -2.48. The number of rotatable bonds is 4. The van der Waals surface area contributed by atoms with Gasteiger partial charge in [-0.15, -0.1) is 0 Å². The van der Waals surface area contributed by atoms with Gasteiger partial charge in [0.1, 0.15) is 22.3 Å². The first-order valence-electron chi connectivity index (χ1n) is 7.74. The van der Waals surface area contributed by atoms with Crippen LogP contribution < -0.4 is 10.6 Å². The topological polar surface area (TPSA) is 50.5 Å². The van der Waals surface area contributed by atoms with Gasteiger partial charge in [0.2, 0.25) is 0 Å². The van der Waals surface area contributed by atoms with Crippen molar-refractivity contribution in [2.75, 3.05) is 12.1 Å². The second-order valence-corrected chi connectivity index (χ2v) is 6.76. The lowest BCUT2D eigenvalue weighted by atomic mass is 10.2. The molecule has 0 fully saturated rings. The molecule has 3 rings (SSSR count). The molecule has 0 saturated carbocycles. The summed E-state index contributed by atoms with van der Waals surface area (Å²) in [7, 11) is 1.51. The minimum Gasteiger partial charge on any atom is -0.266 e. The van der Waals surface area contributed by atoms with Gasteiger partial charge < -0.3 is 0 Å². The van der Waals surface area contributed by atoms with Gasteiger partial charge in [0.15, 0.2) is 0 Å². The average molecular weight is 444 g/mol. The van der Waals surface area contributed by atoms with Crippen molar-refractivity contribution in [1.29, 1.82) is 0 Å². The molecule has 0 aliphatic carbocycles. The van der Waals surface area contributed by atoms with Crippen LogP contribution in [0.5, 0.6) is 0 Å². The molecular weight excluding hydrogens is 433 g/mol. The van der Waals surface area contributed by atoms with Gasteiger partial charge in [-0.25, -0.2) is 8.78 Å². The quantitative estimate of drug-likeness (QED) is 0.424. The number of benzene rings is 2. The van der Waals surface area contributed by atoms with Gasteiger partial charge in [-0.05, 0) is 30.3 Å². The maximum atomic E-state index is 13.8. The van der Waals surface area contributed by atoms with E-state index in [4.69, 9.17) is 34.8 Å². The van der Waals surface area contributed by atoms with Crippen molar-refractivity contribution < 1.29 is 8.78 Å². The Bertz CT molecular complexity index is 1110. The SMILES string of the molecule is CN(/N=C\c1c(F)cccc1Cl)c1cnn(-c2ccc(F)c(Cl)c2)c(=O)c1Cl. The summed E-state index contributed by atoms with van der Waals surface area (Å²) in [4.78, 5) is 12.5. The first-order chi connectivity index (χ1) is 13.3. The molecular formula is C18H11Cl3F2N4O. The fourth-order valence-corrected chi connectivity index (χ4v) is 2.93. The summed E-state index contributed by atoms with van der Waals surface area (Å²) >= 11 is 17.9. The van der Waals surface area contributed by atoms with Gasteiger partial charge in [-0.2, -0.15) is 14.9 Å². The normalized spacial score (nSPS) is 11.2. The predicted octanol–water partition coefficient (Wildman–Crippen LogP) is 4.94. The minimum absolute atomic E-state index is 0.0920. The third kappa shape index (κ3) is 4.01. The van der Waals surface area contributed by atoms with E-state index in [9.17, 15) is 13.6 Å². The summed E-state index contributed by atoms with van der Waals surface area (Å²) in [6.45, 7) is 0. The maximum absolute atomic E-state index is 13.8. The molecule has 0 amide bonds. The van der Waals surface area contributed by atoms with Crippen molar-refractivity contribution >= 4 is 46.7 Å². The first-order valence-corrected chi connectivity index (χ1v) is 8.88. The summed E-state index contributed by atoms with van der Waals surface area (Å²) < 4.78 is 28.1. The summed E-state index contributed by atoms with van der Waals surface area (Å²) in [5.74, 6) is -1.17. The molecule has 10 heteroatoms. The van der Waals surface area contributed by atoms with E-state index in [1.54, 1.807) is 0 Å². The zero-order valence-corrected chi connectivity index (χ0v) is 16.5. The second-order valence-electron chi connectivity index (χ2n) is 5.56. The summed E-state index contributed by atoms with van der Waals surface area (Å²) in [5.41, 5.74) is -0.142. The summed E-state index contributed by atoms with van der Waals surface area (Å²) in [5, 5.41) is 9.16. The Labute approximate surface area is 173 Å². The van der Waals surface area contributed by atoms with Crippen LogP contribution in [0, 0.1) is 11.6 Å². The van der Waals surface area contributed by atoms with Crippen LogP contribution in [0.2, 0.25) is 15.1 Å². The molecule has 0 radical (unpaired) electrons. The number of hydrogen-bond acceptors (Lipinski definition) is 4. The number of anilines is 1. The van der Waals surface area contributed by atoms with Crippen molar-refractivity contribution in [2.24, 2.45) is 5.10 Å². The predicted molar refractivity (Wildman–Crippen MR) is 107 cm³/mol. The van der Waals surface area contributed by atoms with E-state index >= 15 is 0 Å². The zero-order chi connectivity index (χ0) is 20.4. The average Bonchev–Trinajstić information content (AvgIpc) is 2.65. The zero-order valence-electron chi connectivity index (χ0n) is 14.2. The van der Waals surface area contributed by atoms with Crippen LogP contribution >= 0.6 is 34.8 Å². The van der Waals surface area contributed by atoms with Gasteiger partial charge in [0.05, 0.1) is 28.1 Å². The number of hydrogen-bond donors (Lipinski definition) is 0. The standard InChI is InChI=1S/C18H11Cl3F2N4O/c1-26(24-8-11-12(19)3-2-4-14(11)22)16-9-25-27(18(28)17(16)21)10-5-6-15(23)13(20)7-10/h2-9H,1H3/b24-8-. The van der Waals surface area contributed by atoms with Crippen LogP contribution in [0.1, 0.15) is 5.56 Å². The highest BCUT2D eigenvalue weighted by molar-refractivity contribution is 6.33. The third-order valence-corrected chi connectivity index (χ3v) is 4.73. The molecule has 0 unspecified atom stereocenters. The molecule has 0 aliphatic rings. The molecule has 28 heavy (non-hydrogen) atoms. The van der Waals surface area contributed by atoms with Crippen molar-refractivity contribution in [3.05, 3.63) is 85.2 Å². The minimum atomic E-state index is -0.659. The van der Waals surface area contributed by atoms with Crippen molar-refractivity contribution in [3.8, 4) is 5.69 Å². The number of nitrogens with zero attached hydrogens (tertiary/aromatic N) is 4. The molecule has 1 heterocycles. The Kier molecular flexibility index (Phi) is 5.98. The van der Waals surface area contributed by atoms with E-state index in [1.807, 2.05) is 0 Å². The molecule has 144 valence electrons. The molecule has 0 aliphatic heterocycles. The van der Waals surface area contributed by atoms with E-state index in [-0.39, 0.29) is 32.0 Å². The molecule has 0 saturated heterocycles. The first kappa shape index (κ1) is 20.3. The van der Waals surface area contributed by atoms with Crippen LogP contribution in [-0.4, -0.2) is 23.0 Å². The van der Waals surface area contributed by atoms with Gasteiger partial charge in [0, 0.05) is 12.6 Å². The fourth-order valence-electron chi connectivity index (χ4n) is 2.29. The van der Waals surface area contributed by atoms with Gasteiger partial charge >= 0.3 is 0 Å². The Morgan fingerprint density at radius 2 is 1.86 bits per heavy atom. The fraction of sp³-hybridized carbons (Fsp3) is 0.0556. The van der Waals surface area contributed by atoms with Crippen LogP contribution in [0.25, 0.3) is 5.69 Å². The molecule has 5 nitrogen and oxygen atoms in total. The molecule has 0 bridgehead atoms. The van der Waals surface area contributed by atoms with E-state index in [0.717, 1.165) is 10.7 Å². The highest BCUT2D eigenvalue weighted by Crippen LogP contribution is 2.23. The Balaban J connectivity index is 1.95. The highest BCUT2D eigenvalue weighted by Gasteiger charge is 2.15. The second kappa shape index (κ2) is 8.26. The van der Waals surface area contributed by atoms with Crippen molar-refractivity contribution in [2.45, 2.75) is 0 Å². The number of halogens is 5. The van der Waals surface area contributed by atoms with Gasteiger partial charge in [-0.3, -0.25) is 9.80 Å². The smallest absolute Gasteiger partial charge is 0.266 e. The van der Waals surface area contributed by atoms with Crippen LogP contribution in [0.15, 0.2) is 52.5 Å². The van der Waals surface area contributed by atoms with Crippen LogP contribution in [0.3, 0.4) is 0 Å². The molecule has 0 atom stereocenters.